The van der Waals surface area contributed by atoms with Crippen LogP contribution in [0, 0.1) is 0 Å². The minimum Gasteiger partial charge on any atom is -0.397 e. The van der Waals surface area contributed by atoms with Gasteiger partial charge < -0.3 is 5.73 Å². The second-order valence-corrected chi connectivity index (χ2v) is 4.52. The fraction of sp³-hybridized carbons (Fsp3) is 0. The van der Waals surface area contributed by atoms with Gasteiger partial charge in [-0.1, -0.05) is 0 Å². The van der Waals surface area contributed by atoms with Crippen molar-refractivity contribution in [2.24, 2.45) is 0 Å². The maximum Gasteiger partial charge on any atom is 0.170 e. The molecule has 17 heavy (non-hydrogen) atoms. The predicted octanol–water partition coefficient (Wildman–Crippen LogP) is 2.14. The van der Waals surface area contributed by atoms with Crippen LogP contribution in [0.15, 0.2) is 41.3 Å². The normalized spacial score (nSPS) is 10.9. The Balaban J connectivity index is 2.27. The first kappa shape index (κ1) is 10.2. The first-order chi connectivity index (χ1) is 8.24. The van der Waals surface area contributed by atoms with Crippen molar-refractivity contribution in [2.75, 3.05) is 5.73 Å². The summed E-state index contributed by atoms with van der Waals surface area (Å²) < 4.78 is 2.85. The first-order valence-electron chi connectivity index (χ1n) is 4.95. The molecule has 0 aromatic carbocycles. The maximum atomic E-state index is 5.71. The summed E-state index contributed by atoms with van der Waals surface area (Å²) in [5, 5.41) is 8.23. The molecule has 2 N–H and O–H groups in total. The number of rotatable bonds is 1. The molecule has 0 fully saturated rings. The van der Waals surface area contributed by atoms with Gasteiger partial charge >= 0.3 is 0 Å². The Morgan fingerprint density at radius 3 is 2.88 bits per heavy atom. The molecule has 0 unspecified atom stereocenters. The Bertz CT molecular complexity index is 691. The van der Waals surface area contributed by atoms with E-state index in [1.807, 2.05) is 28.8 Å². The van der Waals surface area contributed by atoms with E-state index in [4.69, 9.17) is 5.73 Å². The summed E-state index contributed by atoms with van der Waals surface area (Å²) in [5.41, 5.74) is 7.94. The van der Waals surface area contributed by atoms with Crippen LogP contribution < -0.4 is 5.73 Å². The average molecular weight is 290 g/mol. The van der Waals surface area contributed by atoms with Crippen LogP contribution in [0.2, 0.25) is 0 Å². The SMILES string of the molecule is Nc1cncc(-c2nnc3ccc(Br)cn23)c1. The summed E-state index contributed by atoms with van der Waals surface area (Å²) in [5.74, 6) is 0.723. The van der Waals surface area contributed by atoms with Gasteiger partial charge in [0, 0.05) is 28.6 Å². The van der Waals surface area contributed by atoms with E-state index in [-0.39, 0.29) is 0 Å². The van der Waals surface area contributed by atoms with Crippen molar-refractivity contribution < 1.29 is 0 Å². The number of aromatic nitrogens is 4. The number of nitrogens with zero attached hydrogens (tertiary/aromatic N) is 4. The first-order valence-corrected chi connectivity index (χ1v) is 5.74. The summed E-state index contributed by atoms with van der Waals surface area (Å²) in [4.78, 5) is 4.05. The molecular formula is C11H8BrN5. The molecule has 6 heteroatoms. The Morgan fingerprint density at radius 1 is 1.18 bits per heavy atom. The van der Waals surface area contributed by atoms with Crippen LogP contribution in [-0.2, 0) is 0 Å². The van der Waals surface area contributed by atoms with Gasteiger partial charge in [0.05, 0.1) is 5.69 Å². The molecule has 0 spiro atoms. The van der Waals surface area contributed by atoms with Crippen LogP contribution in [0.4, 0.5) is 5.69 Å². The number of hydrogen-bond acceptors (Lipinski definition) is 4. The topological polar surface area (TPSA) is 69.1 Å². The lowest BCUT2D eigenvalue weighted by Crippen LogP contribution is -1.92. The molecule has 0 saturated heterocycles. The highest BCUT2D eigenvalue weighted by Gasteiger charge is 2.08. The van der Waals surface area contributed by atoms with Gasteiger partial charge in [0.15, 0.2) is 11.5 Å². The van der Waals surface area contributed by atoms with Gasteiger partial charge in [-0.3, -0.25) is 9.38 Å². The average Bonchev–Trinajstić information content (AvgIpc) is 2.71. The summed E-state index contributed by atoms with van der Waals surface area (Å²) >= 11 is 3.42. The molecule has 0 atom stereocenters. The lowest BCUT2D eigenvalue weighted by Gasteiger charge is -2.01. The number of hydrogen-bond donors (Lipinski definition) is 1. The maximum absolute atomic E-state index is 5.71. The second-order valence-electron chi connectivity index (χ2n) is 3.61. The molecule has 5 nitrogen and oxygen atoms in total. The highest BCUT2D eigenvalue weighted by atomic mass is 79.9. The molecule has 3 rings (SSSR count). The third kappa shape index (κ3) is 1.76. The van der Waals surface area contributed by atoms with Gasteiger partial charge in [0.1, 0.15) is 0 Å². The van der Waals surface area contributed by atoms with Crippen LogP contribution in [0.1, 0.15) is 0 Å². The third-order valence-electron chi connectivity index (χ3n) is 2.38. The fourth-order valence-corrected chi connectivity index (χ4v) is 1.98. The van der Waals surface area contributed by atoms with E-state index in [0.29, 0.717) is 5.69 Å². The zero-order valence-corrected chi connectivity index (χ0v) is 10.3. The molecule has 0 bridgehead atoms. The molecule has 3 heterocycles. The molecule has 3 aromatic heterocycles. The number of fused-ring (bicyclic) bond motifs is 1. The van der Waals surface area contributed by atoms with Crippen LogP contribution in [0.3, 0.4) is 0 Å². The number of pyridine rings is 2. The Kier molecular flexibility index (Phi) is 2.29. The minimum absolute atomic E-state index is 0.606. The quantitative estimate of drug-likeness (QED) is 0.745. The van der Waals surface area contributed by atoms with Crippen molar-refractivity contribution in [3.8, 4) is 11.4 Å². The van der Waals surface area contributed by atoms with Crippen LogP contribution >= 0.6 is 15.9 Å². The van der Waals surface area contributed by atoms with E-state index >= 15 is 0 Å². The molecule has 0 aliphatic heterocycles. The minimum atomic E-state index is 0.606. The van der Waals surface area contributed by atoms with E-state index in [0.717, 1.165) is 21.5 Å². The third-order valence-corrected chi connectivity index (χ3v) is 2.85. The van der Waals surface area contributed by atoms with Crippen molar-refractivity contribution in [1.82, 2.24) is 19.6 Å². The lowest BCUT2D eigenvalue weighted by atomic mass is 10.2. The van der Waals surface area contributed by atoms with Crippen LogP contribution in [0.25, 0.3) is 17.0 Å². The van der Waals surface area contributed by atoms with Crippen molar-refractivity contribution >= 4 is 27.3 Å². The zero-order chi connectivity index (χ0) is 11.8. The number of nitrogen functional groups attached to an aromatic ring is 1. The highest BCUT2D eigenvalue weighted by Crippen LogP contribution is 2.21. The van der Waals surface area contributed by atoms with Gasteiger partial charge in [-0.25, -0.2) is 0 Å². The standard InChI is InChI=1S/C11H8BrN5/c12-8-1-2-10-15-16-11(17(10)6-8)7-3-9(13)5-14-4-7/h1-6H,13H2. The number of anilines is 1. The van der Waals surface area contributed by atoms with E-state index in [1.54, 1.807) is 12.4 Å². The molecule has 0 aliphatic carbocycles. The van der Waals surface area contributed by atoms with E-state index in [2.05, 4.69) is 31.1 Å². The van der Waals surface area contributed by atoms with Crippen molar-refractivity contribution in [3.05, 3.63) is 41.3 Å². The molecule has 84 valence electrons. The van der Waals surface area contributed by atoms with E-state index < -0.39 is 0 Å². The van der Waals surface area contributed by atoms with Gasteiger partial charge in [-0.05, 0) is 34.1 Å². The second kappa shape index (κ2) is 3.81. The van der Waals surface area contributed by atoms with E-state index in [1.165, 1.54) is 0 Å². The summed E-state index contributed by atoms with van der Waals surface area (Å²) in [6, 6.07) is 5.63. The summed E-state index contributed by atoms with van der Waals surface area (Å²) in [7, 11) is 0. The summed E-state index contributed by atoms with van der Waals surface area (Å²) in [6.45, 7) is 0. The van der Waals surface area contributed by atoms with Gasteiger partial charge in [-0.2, -0.15) is 0 Å². The molecular weight excluding hydrogens is 282 g/mol. The lowest BCUT2D eigenvalue weighted by molar-refractivity contribution is 1.10. The zero-order valence-electron chi connectivity index (χ0n) is 8.71. The van der Waals surface area contributed by atoms with Gasteiger partial charge in [0.25, 0.3) is 0 Å². The van der Waals surface area contributed by atoms with Crippen molar-refractivity contribution in [3.63, 3.8) is 0 Å². The van der Waals surface area contributed by atoms with Crippen LogP contribution in [0.5, 0.6) is 0 Å². The molecule has 0 aliphatic rings. The fourth-order valence-electron chi connectivity index (χ4n) is 1.64. The van der Waals surface area contributed by atoms with Crippen molar-refractivity contribution in [1.29, 1.82) is 0 Å². The van der Waals surface area contributed by atoms with E-state index in [9.17, 15) is 0 Å². The molecule has 0 radical (unpaired) electrons. The smallest absolute Gasteiger partial charge is 0.170 e. The van der Waals surface area contributed by atoms with Crippen molar-refractivity contribution in [2.45, 2.75) is 0 Å². The van der Waals surface area contributed by atoms with Crippen LogP contribution in [-0.4, -0.2) is 19.6 Å². The molecule has 0 saturated carbocycles. The molecule has 0 amide bonds. The molecule has 3 aromatic rings. The van der Waals surface area contributed by atoms with Gasteiger partial charge in [-0.15, -0.1) is 10.2 Å². The largest absolute Gasteiger partial charge is 0.397 e. The highest BCUT2D eigenvalue weighted by molar-refractivity contribution is 9.10. The number of halogens is 1. The monoisotopic (exact) mass is 289 g/mol. The Morgan fingerprint density at radius 2 is 2.06 bits per heavy atom. The predicted molar refractivity (Wildman–Crippen MR) is 68.3 cm³/mol. The Hall–Kier alpha value is -1.95. The Labute approximate surface area is 105 Å². The van der Waals surface area contributed by atoms with Gasteiger partial charge in [0.2, 0.25) is 0 Å². The number of nitrogens with two attached hydrogens (primary N) is 1. The summed E-state index contributed by atoms with van der Waals surface area (Å²) in [6.07, 6.45) is 5.23.